The highest BCUT2D eigenvalue weighted by Gasteiger charge is 2.40. The van der Waals surface area contributed by atoms with Crippen LogP contribution in [0, 0.1) is 17.8 Å². The standard InChI is InChI=1S/C15H27NO3S/c1-4-20(18,19)10-11(2)16(3)15(17)9-14-8-12-5-6-13(14)7-12/h11-14H,4-10H2,1-3H3/t11-,12-,13-,14-/m0/s1. The zero-order chi connectivity index (χ0) is 14.9. The van der Waals surface area contributed by atoms with Crippen molar-refractivity contribution in [3.05, 3.63) is 0 Å². The summed E-state index contributed by atoms with van der Waals surface area (Å²) in [5.74, 6) is 2.46. The quantitative estimate of drug-likeness (QED) is 0.755. The van der Waals surface area contributed by atoms with E-state index in [0.29, 0.717) is 12.3 Å². The Morgan fingerprint density at radius 1 is 1.30 bits per heavy atom. The molecule has 0 spiro atoms. The van der Waals surface area contributed by atoms with Crippen LogP contribution in [0.3, 0.4) is 0 Å². The SMILES string of the molecule is CCS(=O)(=O)C[C@H](C)N(C)C(=O)C[C@@H]1C[C@H]2CC[C@H]1C2. The zero-order valence-electron chi connectivity index (χ0n) is 12.8. The van der Waals surface area contributed by atoms with Crippen molar-refractivity contribution in [2.45, 2.75) is 52.0 Å². The molecule has 5 heteroatoms. The van der Waals surface area contributed by atoms with Gasteiger partial charge in [-0.3, -0.25) is 4.79 Å². The summed E-state index contributed by atoms with van der Waals surface area (Å²) in [5, 5.41) is 0. The molecule has 0 heterocycles. The van der Waals surface area contributed by atoms with E-state index < -0.39 is 9.84 Å². The fourth-order valence-corrected chi connectivity index (χ4v) is 5.03. The predicted molar refractivity (Wildman–Crippen MR) is 80.1 cm³/mol. The van der Waals surface area contributed by atoms with Crippen molar-refractivity contribution in [2.24, 2.45) is 17.8 Å². The minimum Gasteiger partial charge on any atom is -0.342 e. The summed E-state index contributed by atoms with van der Waals surface area (Å²) in [6, 6.07) is -0.231. The number of hydrogen-bond donors (Lipinski definition) is 0. The average Bonchev–Trinajstić information content (AvgIpc) is 2.99. The van der Waals surface area contributed by atoms with Gasteiger partial charge in [0.05, 0.1) is 5.75 Å². The van der Waals surface area contributed by atoms with Gasteiger partial charge >= 0.3 is 0 Å². The van der Waals surface area contributed by atoms with Crippen LogP contribution >= 0.6 is 0 Å². The normalized spacial score (nSPS) is 30.4. The van der Waals surface area contributed by atoms with Gasteiger partial charge in [0.15, 0.2) is 9.84 Å². The molecule has 2 saturated carbocycles. The zero-order valence-corrected chi connectivity index (χ0v) is 13.7. The lowest BCUT2D eigenvalue weighted by Gasteiger charge is -2.28. The topological polar surface area (TPSA) is 54.5 Å². The molecule has 2 aliphatic carbocycles. The molecule has 2 aliphatic rings. The Bertz CT molecular complexity index is 460. The van der Waals surface area contributed by atoms with Gasteiger partial charge in [-0.2, -0.15) is 0 Å². The lowest BCUT2D eigenvalue weighted by Crippen LogP contribution is -2.40. The number of carbonyl (C=O) groups is 1. The maximum absolute atomic E-state index is 12.3. The first-order valence-electron chi connectivity index (χ1n) is 7.78. The molecule has 0 N–H and O–H groups in total. The van der Waals surface area contributed by atoms with Gasteiger partial charge in [0.2, 0.25) is 5.91 Å². The molecule has 4 nitrogen and oxygen atoms in total. The Kier molecular flexibility index (Phi) is 4.77. The molecule has 1 amide bonds. The van der Waals surface area contributed by atoms with Crippen molar-refractivity contribution in [2.75, 3.05) is 18.6 Å². The van der Waals surface area contributed by atoms with Gasteiger partial charge in [-0.05, 0) is 43.9 Å². The molecule has 4 atom stereocenters. The van der Waals surface area contributed by atoms with E-state index in [9.17, 15) is 13.2 Å². The highest BCUT2D eigenvalue weighted by Crippen LogP contribution is 2.49. The summed E-state index contributed by atoms with van der Waals surface area (Å²) >= 11 is 0. The first kappa shape index (κ1) is 15.8. The molecule has 2 rings (SSSR count). The molecule has 0 aromatic carbocycles. The van der Waals surface area contributed by atoms with Gasteiger partial charge in [-0.15, -0.1) is 0 Å². The highest BCUT2D eigenvalue weighted by atomic mass is 32.2. The molecule has 0 saturated heterocycles. The maximum Gasteiger partial charge on any atom is 0.222 e. The van der Waals surface area contributed by atoms with Gasteiger partial charge in [-0.1, -0.05) is 13.3 Å². The molecule has 0 aromatic heterocycles. The minimum atomic E-state index is -3.03. The predicted octanol–water partition coefficient (Wildman–Crippen LogP) is 2.09. The molecule has 0 radical (unpaired) electrons. The largest absolute Gasteiger partial charge is 0.342 e. The van der Waals surface area contributed by atoms with E-state index in [2.05, 4.69) is 0 Å². The van der Waals surface area contributed by atoms with Crippen LogP contribution in [0.1, 0.15) is 46.0 Å². The molecule has 0 aromatic rings. The fourth-order valence-electron chi connectivity index (χ4n) is 3.84. The Morgan fingerprint density at radius 2 is 2.00 bits per heavy atom. The van der Waals surface area contributed by atoms with Gasteiger partial charge < -0.3 is 4.90 Å². The number of sulfone groups is 1. The third kappa shape index (κ3) is 3.54. The molecular formula is C15H27NO3S. The van der Waals surface area contributed by atoms with E-state index >= 15 is 0 Å². The van der Waals surface area contributed by atoms with Crippen LogP contribution in [0.25, 0.3) is 0 Å². The van der Waals surface area contributed by atoms with E-state index in [-0.39, 0.29) is 23.5 Å². The molecule has 20 heavy (non-hydrogen) atoms. The summed E-state index contributed by atoms with van der Waals surface area (Å²) in [6.45, 7) is 3.48. The van der Waals surface area contributed by atoms with Crippen LogP contribution in [0.15, 0.2) is 0 Å². The van der Waals surface area contributed by atoms with Crippen molar-refractivity contribution in [3.8, 4) is 0 Å². The van der Waals surface area contributed by atoms with E-state index in [1.807, 2.05) is 6.92 Å². The monoisotopic (exact) mass is 301 g/mol. The summed E-state index contributed by atoms with van der Waals surface area (Å²) in [7, 11) is -1.29. The van der Waals surface area contributed by atoms with E-state index in [4.69, 9.17) is 0 Å². The highest BCUT2D eigenvalue weighted by molar-refractivity contribution is 7.91. The Balaban J connectivity index is 1.85. The van der Waals surface area contributed by atoms with Gasteiger partial charge in [0, 0.05) is 25.3 Å². The third-order valence-corrected chi connectivity index (χ3v) is 7.18. The van der Waals surface area contributed by atoms with Crippen LogP contribution in [0.4, 0.5) is 0 Å². The van der Waals surface area contributed by atoms with Crippen LogP contribution in [-0.2, 0) is 14.6 Å². The average molecular weight is 301 g/mol. The number of rotatable bonds is 6. The Hall–Kier alpha value is -0.580. The second-order valence-electron chi connectivity index (χ2n) is 6.69. The fraction of sp³-hybridized carbons (Fsp3) is 0.933. The second-order valence-corrected chi connectivity index (χ2v) is 9.09. The smallest absolute Gasteiger partial charge is 0.222 e. The number of nitrogens with zero attached hydrogens (tertiary/aromatic N) is 1. The Labute approximate surface area is 122 Å². The summed E-state index contributed by atoms with van der Waals surface area (Å²) in [5.41, 5.74) is 0. The van der Waals surface area contributed by atoms with Gasteiger partial charge in [0.1, 0.15) is 0 Å². The summed E-state index contributed by atoms with van der Waals surface area (Å²) < 4.78 is 23.3. The second kappa shape index (κ2) is 6.04. The van der Waals surface area contributed by atoms with Crippen LogP contribution in [0.2, 0.25) is 0 Å². The molecule has 116 valence electrons. The van der Waals surface area contributed by atoms with Gasteiger partial charge in [-0.25, -0.2) is 8.42 Å². The number of amides is 1. The minimum absolute atomic E-state index is 0.0719. The lowest BCUT2D eigenvalue weighted by molar-refractivity contribution is -0.132. The third-order valence-electron chi connectivity index (χ3n) is 5.31. The van der Waals surface area contributed by atoms with Crippen molar-refractivity contribution in [1.82, 2.24) is 4.90 Å². The van der Waals surface area contributed by atoms with E-state index in [1.165, 1.54) is 25.7 Å². The van der Waals surface area contributed by atoms with Crippen molar-refractivity contribution in [3.63, 3.8) is 0 Å². The molecule has 2 fully saturated rings. The van der Waals surface area contributed by atoms with Crippen molar-refractivity contribution >= 4 is 15.7 Å². The van der Waals surface area contributed by atoms with Crippen LogP contribution in [0.5, 0.6) is 0 Å². The van der Waals surface area contributed by atoms with Gasteiger partial charge in [0.25, 0.3) is 0 Å². The van der Waals surface area contributed by atoms with Crippen LogP contribution in [-0.4, -0.2) is 43.8 Å². The summed E-state index contributed by atoms with van der Waals surface area (Å²) in [4.78, 5) is 14.0. The molecular weight excluding hydrogens is 274 g/mol. The number of fused-ring (bicyclic) bond motifs is 2. The number of carbonyl (C=O) groups excluding carboxylic acids is 1. The van der Waals surface area contributed by atoms with E-state index in [0.717, 1.165) is 11.8 Å². The lowest BCUT2D eigenvalue weighted by atomic mass is 9.86. The number of hydrogen-bond acceptors (Lipinski definition) is 3. The van der Waals surface area contributed by atoms with E-state index in [1.54, 1.807) is 18.9 Å². The molecule has 0 unspecified atom stereocenters. The molecule has 0 aliphatic heterocycles. The van der Waals surface area contributed by atoms with Crippen molar-refractivity contribution < 1.29 is 13.2 Å². The maximum atomic E-state index is 12.3. The van der Waals surface area contributed by atoms with Crippen LogP contribution < -0.4 is 0 Å². The molecule has 2 bridgehead atoms. The summed E-state index contributed by atoms with van der Waals surface area (Å²) in [6.07, 6.45) is 5.74. The first-order valence-corrected chi connectivity index (χ1v) is 9.60. The Morgan fingerprint density at radius 3 is 2.50 bits per heavy atom. The first-order chi connectivity index (χ1) is 9.32. The van der Waals surface area contributed by atoms with Crippen molar-refractivity contribution in [1.29, 1.82) is 0 Å².